The van der Waals surface area contributed by atoms with Crippen LogP contribution in [0.1, 0.15) is 95.2 Å². The van der Waals surface area contributed by atoms with E-state index in [1.165, 1.54) is 54.0 Å². The van der Waals surface area contributed by atoms with E-state index in [0.29, 0.717) is 5.92 Å². The number of thiophene rings is 1. The summed E-state index contributed by atoms with van der Waals surface area (Å²) in [5.41, 5.74) is 4.01. The second-order valence-corrected chi connectivity index (χ2v) is 12.6. The Kier molecular flexibility index (Phi) is 7.75. The van der Waals surface area contributed by atoms with Gasteiger partial charge in [-0.3, -0.25) is 0 Å². The SMILES string of the molecule is CCCCN(CC)c1ccc(C=c2c(C(C)(C)C)nn3c(-c4cc(C5CCCC5)ccc4OC)nnc23)s1. The summed E-state index contributed by atoms with van der Waals surface area (Å²) < 4.78 is 7.71. The van der Waals surface area contributed by atoms with Crippen molar-refractivity contribution >= 4 is 28.1 Å². The van der Waals surface area contributed by atoms with Crippen LogP contribution in [0.2, 0.25) is 0 Å². The van der Waals surface area contributed by atoms with E-state index in [9.17, 15) is 0 Å². The number of aromatic nitrogens is 4. The van der Waals surface area contributed by atoms with Crippen LogP contribution in [0.25, 0.3) is 23.1 Å². The fourth-order valence-corrected chi connectivity index (χ4v) is 6.62. The highest BCUT2D eigenvalue weighted by molar-refractivity contribution is 7.16. The van der Waals surface area contributed by atoms with E-state index in [-0.39, 0.29) is 5.41 Å². The predicted molar refractivity (Wildman–Crippen MR) is 159 cm³/mol. The summed E-state index contributed by atoms with van der Waals surface area (Å²) in [7, 11) is 1.72. The molecule has 1 fully saturated rings. The second kappa shape index (κ2) is 11.0. The summed E-state index contributed by atoms with van der Waals surface area (Å²) in [5, 5.41) is 16.8. The fraction of sp³-hybridized carbons (Fsp3) is 0.516. The number of fused-ring (bicyclic) bond motifs is 1. The molecule has 0 bridgehead atoms. The van der Waals surface area contributed by atoms with Crippen LogP contribution in [-0.4, -0.2) is 40.0 Å². The standard InChI is InChI=1S/C31H41N5OS/c1-7-9-18-35(8-2)27-17-15-23(38-27)20-25-28(31(3,4)5)34-36-29(32-33-30(25)36)24-19-22(14-16-26(24)37-6)21-12-10-11-13-21/h14-17,19-21H,7-13,18H2,1-6H3. The highest BCUT2D eigenvalue weighted by Gasteiger charge is 2.26. The Balaban J connectivity index is 1.61. The molecule has 1 saturated carbocycles. The van der Waals surface area contributed by atoms with Crippen LogP contribution in [0.3, 0.4) is 0 Å². The molecule has 202 valence electrons. The van der Waals surface area contributed by atoms with Crippen LogP contribution in [0.5, 0.6) is 5.75 Å². The highest BCUT2D eigenvalue weighted by Crippen LogP contribution is 2.38. The van der Waals surface area contributed by atoms with Gasteiger partial charge in [0.1, 0.15) is 5.75 Å². The van der Waals surface area contributed by atoms with Crippen molar-refractivity contribution in [2.24, 2.45) is 0 Å². The lowest BCUT2D eigenvalue weighted by molar-refractivity contribution is 0.415. The van der Waals surface area contributed by atoms with Gasteiger partial charge in [-0.05, 0) is 68.0 Å². The van der Waals surface area contributed by atoms with Crippen LogP contribution in [0.4, 0.5) is 5.00 Å². The van der Waals surface area contributed by atoms with Crippen LogP contribution in [0.15, 0.2) is 30.3 Å². The Morgan fingerprint density at radius 3 is 2.58 bits per heavy atom. The van der Waals surface area contributed by atoms with Gasteiger partial charge in [0.05, 0.1) is 23.4 Å². The number of rotatable bonds is 9. The number of methoxy groups -OCH3 is 1. The molecule has 0 amide bonds. The molecule has 1 aliphatic rings. The topological polar surface area (TPSA) is 55.6 Å². The van der Waals surface area contributed by atoms with Crippen LogP contribution >= 0.6 is 11.3 Å². The molecule has 4 aromatic rings. The van der Waals surface area contributed by atoms with Crippen molar-refractivity contribution in [2.45, 2.75) is 84.5 Å². The average molecular weight is 532 g/mol. The molecule has 0 atom stereocenters. The van der Waals surface area contributed by atoms with Gasteiger partial charge in [0.25, 0.3) is 0 Å². The van der Waals surface area contributed by atoms with Crippen molar-refractivity contribution in [2.75, 3.05) is 25.1 Å². The van der Waals surface area contributed by atoms with Gasteiger partial charge >= 0.3 is 0 Å². The number of unbranched alkanes of at least 4 members (excludes halogenated alkanes) is 1. The van der Waals surface area contributed by atoms with E-state index in [4.69, 9.17) is 9.84 Å². The average Bonchev–Trinajstić information content (AvgIpc) is 3.70. The fourth-order valence-electron chi connectivity index (χ4n) is 5.58. The minimum absolute atomic E-state index is 0.143. The number of benzene rings is 1. The third-order valence-electron chi connectivity index (χ3n) is 7.71. The van der Waals surface area contributed by atoms with Crippen molar-refractivity contribution in [3.63, 3.8) is 0 Å². The molecule has 38 heavy (non-hydrogen) atoms. The zero-order valence-electron chi connectivity index (χ0n) is 23.8. The molecule has 7 heteroatoms. The smallest absolute Gasteiger partial charge is 0.189 e. The molecular formula is C31H41N5OS. The predicted octanol–water partition coefficient (Wildman–Crippen LogP) is 6.99. The minimum atomic E-state index is -0.143. The molecule has 0 N–H and O–H groups in total. The number of nitrogens with zero attached hydrogens (tertiary/aromatic N) is 5. The molecule has 0 aliphatic heterocycles. The van der Waals surface area contributed by atoms with Crippen molar-refractivity contribution in [3.8, 4) is 17.1 Å². The minimum Gasteiger partial charge on any atom is -0.496 e. The largest absolute Gasteiger partial charge is 0.496 e. The van der Waals surface area contributed by atoms with E-state index in [2.05, 4.69) is 86.1 Å². The van der Waals surface area contributed by atoms with Gasteiger partial charge in [-0.1, -0.05) is 53.0 Å². The number of hydrogen-bond donors (Lipinski definition) is 0. The van der Waals surface area contributed by atoms with Gasteiger partial charge in [0, 0.05) is 28.6 Å². The third-order valence-corrected chi connectivity index (χ3v) is 8.81. The quantitative estimate of drug-likeness (QED) is 0.233. The second-order valence-electron chi connectivity index (χ2n) is 11.5. The van der Waals surface area contributed by atoms with Crippen LogP contribution < -0.4 is 14.9 Å². The molecule has 0 unspecified atom stereocenters. The van der Waals surface area contributed by atoms with E-state index >= 15 is 0 Å². The molecule has 1 aliphatic carbocycles. The monoisotopic (exact) mass is 531 g/mol. The first-order valence-electron chi connectivity index (χ1n) is 14.1. The molecule has 1 aromatic carbocycles. The summed E-state index contributed by atoms with van der Waals surface area (Å²) in [6.45, 7) is 13.2. The van der Waals surface area contributed by atoms with Gasteiger partial charge in [-0.15, -0.1) is 21.5 Å². The number of anilines is 1. The maximum Gasteiger partial charge on any atom is 0.189 e. The van der Waals surface area contributed by atoms with Gasteiger partial charge in [0.2, 0.25) is 0 Å². The molecule has 0 saturated heterocycles. The van der Waals surface area contributed by atoms with Crippen molar-refractivity contribution in [1.82, 2.24) is 19.8 Å². The van der Waals surface area contributed by atoms with E-state index in [1.54, 1.807) is 7.11 Å². The molecule has 5 rings (SSSR count). The Morgan fingerprint density at radius 1 is 1.11 bits per heavy atom. The molecule has 3 heterocycles. The molecule has 0 spiro atoms. The first-order chi connectivity index (χ1) is 18.3. The van der Waals surface area contributed by atoms with Gasteiger partial charge in [-0.25, -0.2) is 0 Å². The summed E-state index contributed by atoms with van der Waals surface area (Å²) >= 11 is 1.83. The van der Waals surface area contributed by atoms with E-state index < -0.39 is 0 Å². The van der Waals surface area contributed by atoms with Gasteiger partial charge in [0.15, 0.2) is 11.5 Å². The number of ether oxygens (including phenoxy) is 1. The summed E-state index contributed by atoms with van der Waals surface area (Å²) in [5.74, 6) is 2.16. The molecule has 6 nitrogen and oxygen atoms in total. The molecule has 3 aromatic heterocycles. The normalized spacial score (nSPS) is 15.2. The summed E-state index contributed by atoms with van der Waals surface area (Å²) in [6.07, 6.45) is 9.77. The number of hydrogen-bond acceptors (Lipinski definition) is 6. The first-order valence-corrected chi connectivity index (χ1v) is 15.0. The van der Waals surface area contributed by atoms with Crippen LogP contribution in [0, 0.1) is 0 Å². The zero-order valence-corrected chi connectivity index (χ0v) is 24.6. The Bertz CT molecular complexity index is 1440. The Labute approximate surface area is 230 Å². The highest BCUT2D eigenvalue weighted by atomic mass is 32.1. The Morgan fingerprint density at radius 2 is 1.89 bits per heavy atom. The van der Waals surface area contributed by atoms with Crippen LogP contribution in [-0.2, 0) is 5.41 Å². The maximum absolute atomic E-state index is 5.78. The lowest BCUT2D eigenvalue weighted by Gasteiger charge is -2.20. The van der Waals surface area contributed by atoms with Gasteiger partial charge in [-0.2, -0.15) is 9.61 Å². The lowest BCUT2D eigenvalue weighted by Crippen LogP contribution is -2.22. The molecular weight excluding hydrogens is 490 g/mol. The van der Waals surface area contributed by atoms with Crippen molar-refractivity contribution < 1.29 is 4.74 Å². The first kappa shape index (κ1) is 26.7. The Hall–Kier alpha value is -2.93. The summed E-state index contributed by atoms with van der Waals surface area (Å²) in [4.78, 5) is 3.68. The summed E-state index contributed by atoms with van der Waals surface area (Å²) in [6, 6.07) is 11.0. The lowest BCUT2D eigenvalue weighted by atomic mass is 9.91. The van der Waals surface area contributed by atoms with E-state index in [0.717, 1.165) is 46.8 Å². The molecule has 0 radical (unpaired) electrons. The zero-order chi connectivity index (χ0) is 26.9. The maximum atomic E-state index is 5.78. The van der Waals surface area contributed by atoms with E-state index in [1.807, 2.05) is 15.9 Å². The third kappa shape index (κ3) is 5.18. The van der Waals surface area contributed by atoms with Gasteiger partial charge < -0.3 is 9.64 Å². The van der Waals surface area contributed by atoms with Crippen molar-refractivity contribution in [3.05, 3.63) is 51.7 Å². The van der Waals surface area contributed by atoms with Crippen molar-refractivity contribution in [1.29, 1.82) is 0 Å².